The van der Waals surface area contributed by atoms with Gasteiger partial charge < -0.3 is 45.0 Å². The normalized spacial score (nSPS) is 12.9. The topological polar surface area (TPSA) is 303 Å². The molecule has 0 aromatic carbocycles. The molecule has 16 nitrogen and oxygen atoms in total. The lowest BCUT2D eigenvalue weighted by Crippen LogP contribution is -2.43. The van der Waals surface area contributed by atoms with Gasteiger partial charge in [0.2, 0.25) is 17.7 Å². The maximum absolute atomic E-state index is 13.7. The Morgan fingerprint density at radius 3 is 1.53 bits per heavy atom. The summed E-state index contributed by atoms with van der Waals surface area (Å²) >= 11 is 0. The fourth-order valence-electron chi connectivity index (χ4n) is 6.94. The third-order valence-electron chi connectivity index (χ3n) is 10.4. The molecule has 0 rings (SSSR count). The minimum atomic E-state index is -0.736. The number of nitrogens with zero attached hydrogens (tertiary/aromatic N) is 3. The number of unbranched alkanes of at least 4 members (excludes halogenated alkanes) is 14. The van der Waals surface area contributed by atoms with Crippen molar-refractivity contribution < 1.29 is 24.0 Å². The summed E-state index contributed by atoms with van der Waals surface area (Å²) in [5, 5.41) is 5.97. The lowest BCUT2D eigenvalue weighted by Gasteiger charge is -2.21. The molecule has 0 aliphatic heterocycles. The molecule has 0 fully saturated rings. The molecule has 0 bridgehead atoms. The number of amides is 3. The van der Waals surface area contributed by atoms with Gasteiger partial charge in [-0.2, -0.15) is 0 Å². The van der Waals surface area contributed by atoms with E-state index in [0.717, 1.165) is 77.0 Å². The summed E-state index contributed by atoms with van der Waals surface area (Å²) in [5.41, 5.74) is 33.0. The summed E-state index contributed by atoms with van der Waals surface area (Å²) in [6, 6.07) is -0.736. The maximum atomic E-state index is 13.7. The molecular formula is C43H83N11O5. The number of nitrogens with one attached hydrogen (secondary N) is 2. The number of primary amides is 1. The zero-order chi connectivity index (χ0) is 44.1. The first kappa shape index (κ1) is 54.8. The number of carbonyl (C=O) groups excluding carboxylic acids is 5. The Balaban J connectivity index is 4.75. The van der Waals surface area contributed by atoms with Crippen molar-refractivity contribution in [3.8, 4) is 0 Å². The monoisotopic (exact) mass is 834 g/mol. The summed E-state index contributed by atoms with van der Waals surface area (Å²) < 4.78 is 0. The lowest BCUT2D eigenvalue weighted by molar-refractivity contribution is -0.132. The summed E-state index contributed by atoms with van der Waals surface area (Å²) in [7, 11) is 0. The SMILES string of the molecule is CCCCCCCCCC(=O)NC(CCCN=C(N)N)C(=O)CC(CCCN=C(N)N)C(=O)NCCCCCCCCCCCC(=O)CC(CCCN=C(C)N)C(N)=O. The average Bonchev–Trinajstić information content (AvgIpc) is 3.17. The average molecular weight is 834 g/mol. The summed E-state index contributed by atoms with van der Waals surface area (Å²) in [6.45, 7) is 5.62. The highest BCUT2D eigenvalue weighted by atomic mass is 16.2. The van der Waals surface area contributed by atoms with Crippen LogP contribution in [0.15, 0.2) is 15.0 Å². The Morgan fingerprint density at radius 2 is 1.00 bits per heavy atom. The maximum Gasteiger partial charge on any atom is 0.223 e. The fourth-order valence-corrected chi connectivity index (χ4v) is 6.94. The van der Waals surface area contributed by atoms with Crippen molar-refractivity contribution in [1.29, 1.82) is 0 Å². The predicted octanol–water partition coefficient (Wildman–Crippen LogP) is 4.53. The number of carbonyl (C=O) groups is 5. The number of hydrogen-bond acceptors (Lipinski definition) is 8. The molecule has 340 valence electrons. The second kappa shape index (κ2) is 36.8. The van der Waals surface area contributed by atoms with Crippen LogP contribution in [0, 0.1) is 11.8 Å². The van der Waals surface area contributed by atoms with E-state index in [-0.39, 0.29) is 48.1 Å². The van der Waals surface area contributed by atoms with Crippen molar-refractivity contribution in [2.45, 2.75) is 187 Å². The van der Waals surface area contributed by atoms with Gasteiger partial charge in [-0.15, -0.1) is 0 Å². The van der Waals surface area contributed by atoms with E-state index in [1.54, 1.807) is 6.92 Å². The van der Waals surface area contributed by atoms with Gasteiger partial charge in [0.05, 0.1) is 11.9 Å². The Hall–Kier alpha value is -4.24. The van der Waals surface area contributed by atoms with Crippen molar-refractivity contribution in [2.24, 2.45) is 61.2 Å². The molecule has 0 aliphatic rings. The van der Waals surface area contributed by atoms with E-state index in [2.05, 4.69) is 32.5 Å². The van der Waals surface area contributed by atoms with E-state index in [4.69, 9.17) is 34.4 Å². The van der Waals surface area contributed by atoms with Crippen LogP contribution in [0.1, 0.15) is 181 Å². The third kappa shape index (κ3) is 34.3. The Labute approximate surface area is 355 Å². The molecule has 0 spiro atoms. The standard InChI is InChI=1S/C43H83N11O5/c1-3-4-5-6-10-14-17-26-39(57)54-37(25-21-30-53-43(48)49)38(56)32-35(23-20-29-52-42(46)47)41(59)51-27-18-15-12-9-7-8-11-13-16-24-36(55)31-34(40(45)58)22-19-28-50-33(2)44/h34-35,37H,3-32H2,1-2H3,(H2,44,50)(H2,45,58)(H,51,59)(H,54,57)(H4,46,47,52)(H4,48,49,53). The van der Waals surface area contributed by atoms with E-state index >= 15 is 0 Å². The van der Waals surface area contributed by atoms with Crippen molar-refractivity contribution >= 4 is 47.0 Å². The zero-order valence-electron chi connectivity index (χ0n) is 36.8. The van der Waals surface area contributed by atoms with Gasteiger partial charge in [-0.3, -0.25) is 38.9 Å². The molecule has 0 aromatic rings. The van der Waals surface area contributed by atoms with Crippen LogP contribution in [-0.2, 0) is 24.0 Å². The number of amidine groups is 1. The van der Waals surface area contributed by atoms with E-state index in [9.17, 15) is 24.0 Å². The number of guanidine groups is 2. The Bertz CT molecular complexity index is 1260. The third-order valence-corrected chi connectivity index (χ3v) is 10.4. The summed E-state index contributed by atoms with van der Waals surface area (Å²) in [5.74, 6) is -1.47. The van der Waals surface area contributed by atoms with Gasteiger partial charge in [0.15, 0.2) is 17.7 Å². The van der Waals surface area contributed by atoms with Crippen LogP contribution in [0.2, 0.25) is 0 Å². The van der Waals surface area contributed by atoms with Gasteiger partial charge in [-0.1, -0.05) is 90.4 Å². The van der Waals surface area contributed by atoms with Crippen molar-refractivity contribution in [3.63, 3.8) is 0 Å². The molecule has 0 aromatic heterocycles. The molecule has 14 N–H and O–H groups in total. The molecule has 0 heterocycles. The predicted molar refractivity (Wildman–Crippen MR) is 240 cm³/mol. The first-order valence-electron chi connectivity index (χ1n) is 22.5. The molecule has 3 unspecified atom stereocenters. The van der Waals surface area contributed by atoms with Gasteiger partial charge in [0.25, 0.3) is 0 Å². The first-order valence-corrected chi connectivity index (χ1v) is 22.5. The fraction of sp³-hybridized carbons (Fsp3) is 0.814. The van der Waals surface area contributed by atoms with Crippen LogP contribution >= 0.6 is 0 Å². The highest BCUT2D eigenvalue weighted by Gasteiger charge is 2.27. The smallest absolute Gasteiger partial charge is 0.223 e. The van der Waals surface area contributed by atoms with Crippen molar-refractivity contribution in [2.75, 3.05) is 26.2 Å². The van der Waals surface area contributed by atoms with E-state index in [0.29, 0.717) is 83.4 Å². The lowest BCUT2D eigenvalue weighted by atomic mass is 9.91. The Kier molecular flexibility index (Phi) is 34.2. The van der Waals surface area contributed by atoms with Gasteiger partial charge in [-0.25, -0.2) is 0 Å². The van der Waals surface area contributed by atoms with Gasteiger partial charge >= 0.3 is 0 Å². The summed E-state index contributed by atoms with van der Waals surface area (Å²) in [4.78, 5) is 76.3. The molecule has 3 atom stereocenters. The highest BCUT2D eigenvalue weighted by Crippen LogP contribution is 2.18. The van der Waals surface area contributed by atoms with E-state index in [1.165, 1.54) is 25.7 Å². The van der Waals surface area contributed by atoms with Crippen LogP contribution in [0.25, 0.3) is 0 Å². The number of Topliss-reactive ketones (excluding diaryl/α,β-unsaturated/α-hetero) is 2. The van der Waals surface area contributed by atoms with Crippen LogP contribution in [0.4, 0.5) is 0 Å². The number of rotatable bonds is 40. The molecular weight excluding hydrogens is 751 g/mol. The number of hydrogen-bond donors (Lipinski definition) is 8. The molecule has 0 saturated carbocycles. The van der Waals surface area contributed by atoms with Gasteiger partial charge in [0, 0.05) is 63.7 Å². The van der Waals surface area contributed by atoms with E-state index < -0.39 is 23.8 Å². The second-order valence-electron chi connectivity index (χ2n) is 16.0. The van der Waals surface area contributed by atoms with Crippen molar-refractivity contribution in [3.05, 3.63) is 0 Å². The largest absolute Gasteiger partial charge is 0.388 e. The second-order valence-corrected chi connectivity index (χ2v) is 16.0. The van der Waals surface area contributed by atoms with E-state index in [1.807, 2.05) is 0 Å². The van der Waals surface area contributed by atoms with Gasteiger partial charge in [0.1, 0.15) is 5.78 Å². The Morgan fingerprint density at radius 1 is 0.525 bits per heavy atom. The highest BCUT2D eigenvalue weighted by molar-refractivity contribution is 5.92. The summed E-state index contributed by atoms with van der Waals surface area (Å²) in [6.07, 6.45) is 20.7. The molecule has 0 radical (unpaired) electrons. The zero-order valence-corrected chi connectivity index (χ0v) is 36.8. The van der Waals surface area contributed by atoms with Crippen LogP contribution in [-0.4, -0.2) is 79.3 Å². The minimum absolute atomic E-state index is 0.00825. The van der Waals surface area contributed by atoms with Crippen LogP contribution < -0.4 is 45.0 Å². The number of aliphatic imine (C=N–C) groups is 3. The minimum Gasteiger partial charge on any atom is -0.388 e. The number of ketones is 2. The number of nitrogens with two attached hydrogens (primary N) is 6. The van der Waals surface area contributed by atoms with Crippen LogP contribution in [0.3, 0.4) is 0 Å². The molecule has 16 heteroatoms. The van der Waals surface area contributed by atoms with Crippen molar-refractivity contribution in [1.82, 2.24) is 10.6 Å². The van der Waals surface area contributed by atoms with Crippen LogP contribution in [0.5, 0.6) is 0 Å². The molecule has 0 aliphatic carbocycles. The molecule has 3 amide bonds. The quantitative estimate of drug-likeness (QED) is 0.0242. The molecule has 0 saturated heterocycles. The first-order chi connectivity index (χ1) is 28.3. The molecule has 59 heavy (non-hydrogen) atoms. The van der Waals surface area contributed by atoms with Gasteiger partial charge in [-0.05, 0) is 64.7 Å².